The summed E-state index contributed by atoms with van der Waals surface area (Å²) in [5, 5.41) is 3.72. The lowest BCUT2D eigenvalue weighted by molar-refractivity contribution is -0.113. The molecule has 2 heterocycles. The highest BCUT2D eigenvalue weighted by Crippen LogP contribution is 2.18. The average Bonchev–Trinajstić information content (AvgIpc) is 2.88. The molecular formula is C16H15N3OS. The normalized spacial score (nSPS) is 10.7. The highest BCUT2D eigenvalue weighted by molar-refractivity contribution is 7.99. The number of carbonyl (C=O) groups excluding carboxylic acids is 1. The molecule has 0 spiro atoms. The second kappa shape index (κ2) is 6.01. The number of aromatic nitrogens is 2. The van der Waals surface area contributed by atoms with Crippen LogP contribution in [-0.4, -0.2) is 21.0 Å². The minimum Gasteiger partial charge on any atom is -0.325 e. The maximum absolute atomic E-state index is 12.0. The molecule has 2 aromatic heterocycles. The van der Waals surface area contributed by atoms with Crippen molar-refractivity contribution in [3.63, 3.8) is 0 Å². The van der Waals surface area contributed by atoms with Crippen molar-refractivity contribution in [1.82, 2.24) is 9.38 Å². The zero-order chi connectivity index (χ0) is 14.7. The Balaban J connectivity index is 1.63. The summed E-state index contributed by atoms with van der Waals surface area (Å²) in [6.45, 7) is 2.00. The van der Waals surface area contributed by atoms with Crippen LogP contribution < -0.4 is 5.32 Å². The van der Waals surface area contributed by atoms with Crippen LogP contribution in [0.15, 0.2) is 60.0 Å². The fraction of sp³-hybridized carbons (Fsp3) is 0.125. The number of hydrogen-bond donors (Lipinski definition) is 1. The zero-order valence-electron chi connectivity index (χ0n) is 11.6. The molecule has 3 rings (SSSR count). The molecule has 0 atom stereocenters. The molecule has 4 nitrogen and oxygen atoms in total. The molecule has 0 bridgehead atoms. The first-order valence-electron chi connectivity index (χ1n) is 6.64. The molecule has 1 amide bonds. The molecule has 106 valence electrons. The second-order valence-corrected chi connectivity index (χ2v) is 5.69. The number of nitrogens with one attached hydrogen (secondary N) is 1. The van der Waals surface area contributed by atoms with Crippen LogP contribution in [0.4, 0.5) is 5.69 Å². The summed E-state index contributed by atoms with van der Waals surface area (Å²) in [6.07, 6.45) is 3.75. The van der Waals surface area contributed by atoms with E-state index < -0.39 is 0 Å². The number of thioether (sulfide) groups is 1. The standard InChI is InChI=1S/C16H15N3OS/c1-12-5-4-6-13(9-12)18-15(20)11-21-16-17-10-14-7-2-3-8-19(14)16/h2-10H,11H2,1H3,(H,18,20). The van der Waals surface area contributed by atoms with Gasteiger partial charge in [0.05, 0.1) is 17.5 Å². The maximum atomic E-state index is 12.0. The van der Waals surface area contributed by atoms with Gasteiger partial charge in [-0.1, -0.05) is 30.0 Å². The largest absolute Gasteiger partial charge is 0.325 e. The van der Waals surface area contributed by atoms with Crippen LogP contribution in [-0.2, 0) is 4.79 Å². The molecule has 0 radical (unpaired) electrons. The minimum absolute atomic E-state index is 0.0294. The predicted molar refractivity (Wildman–Crippen MR) is 85.7 cm³/mol. The topological polar surface area (TPSA) is 46.4 Å². The summed E-state index contributed by atoms with van der Waals surface area (Å²) in [6, 6.07) is 13.7. The van der Waals surface area contributed by atoms with Gasteiger partial charge in [-0.2, -0.15) is 0 Å². The predicted octanol–water partition coefficient (Wildman–Crippen LogP) is 3.37. The van der Waals surface area contributed by atoms with Gasteiger partial charge in [-0.25, -0.2) is 4.98 Å². The van der Waals surface area contributed by atoms with Crippen molar-refractivity contribution >= 4 is 28.9 Å². The summed E-state index contributed by atoms with van der Waals surface area (Å²) in [5.41, 5.74) is 2.98. The Morgan fingerprint density at radius 1 is 1.29 bits per heavy atom. The van der Waals surface area contributed by atoms with E-state index in [-0.39, 0.29) is 5.91 Å². The molecule has 1 N–H and O–H groups in total. The van der Waals surface area contributed by atoms with Crippen molar-refractivity contribution in [2.24, 2.45) is 0 Å². The van der Waals surface area contributed by atoms with E-state index in [9.17, 15) is 4.79 Å². The molecule has 1 aromatic carbocycles. The van der Waals surface area contributed by atoms with Gasteiger partial charge in [-0.05, 0) is 36.8 Å². The molecule has 0 fully saturated rings. The minimum atomic E-state index is -0.0294. The number of anilines is 1. The fourth-order valence-corrected chi connectivity index (χ4v) is 2.84. The van der Waals surface area contributed by atoms with E-state index in [4.69, 9.17) is 0 Å². The molecule has 0 saturated carbocycles. The number of aryl methyl sites for hydroxylation is 1. The van der Waals surface area contributed by atoms with E-state index >= 15 is 0 Å². The number of hydrogen-bond acceptors (Lipinski definition) is 3. The monoisotopic (exact) mass is 297 g/mol. The van der Waals surface area contributed by atoms with Crippen molar-refractivity contribution in [2.45, 2.75) is 12.1 Å². The van der Waals surface area contributed by atoms with Gasteiger partial charge in [-0.15, -0.1) is 0 Å². The highest BCUT2D eigenvalue weighted by atomic mass is 32.2. The van der Waals surface area contributed by atoms with Gasteiger partial charge in [0.25, 0.3) is 0 Å². The molecular weight excluding hydrogens is 282 g/mol. The van der Waals surface area contributed by atoms with Gasteiger partial charge in [0.1, 0.15) is 0 Å². The van der Waals surface area contributed by atoms with Gasteiger partial charge in [0, 0.05) is 11.9 Å². The quantitative estimate of drug-likeness (QED) is 0.751. The Kier molecular flexibility index (Phi) is 3.92. The van der Waals surface area contributed by atoms with Crippen molar-refractivity contribution in [3.05, 3.63) is 60.4 Å². The second-order valence-electron chi connectivity index (χ2n) is 4.74. The summed E-state index contributed by atoms with van der Waals surface area (Å²) in [5.74, 6) is 0.306. The highest BCUT2D eigenvalue weighted by Gasteiger charge is 2.08. The first-order valence-corrected chi connectivity index (χ1v) is 7.62. The summed E-state index contributed by atoms with van der Waals surface area (Å²) >= 11 is 1.43. The van der Waals surface area contributed by atoms with Gasteiger partial charge in [0.15, 0.2) is 5.16 Å². The molecule has 5 heteroatoms. The van der Waals surface area contributed by atoms with Crippen molar-refractivity contribution in [1.29, 1.82) is 0 Å². The summed E-state index contributed by atoms with van der Waals surface area (Å²) < 4.78 is 1.98. The van der Waals surface area contributed by atoms with Gasteiger partial charge in [0.2, 0.25) is 5.91 Å². The lowest BCUT2D eigenvalue weighted by atomic mass is 10.2. The lowest BCUT2D eigenvalue weighted by Gasteiger charge is -2.05. The van der Waals surface area contributed by atoms with E-state index in [0.717, 1.165) is 21.9 Å². The third-order valence-electron chi connectivity index (χ3n) is 3.04. The van der Waals surface area contributed by atoms with E-state index in [1.54, 1.807) is 6.20 Å². The van der Waals surface area contributed by atoms with Crippen LogP contribution >= 0.6 is 11.8 Å². The van der Waals surface area contributed by atoms with Crippen LogP contribution in [0.3, 0.4) is 0 Å². The molecule has 0 aliphatic carbocycles. The Labute approximate surface area is 127 Å². The number of pyridine rings is 1. The van der Waals surface area contributed by atoms with Gasteiger partial charge >= 0.3 is 0 Å². The SMILES string of the molecule is Cc1cccc(NC(=O)CSc2ncc3ccccn23)c1. The molecule has 21 heavy (non-hydrogen) atoms. The number of amides is 1. The molecule has 0 saturated heterocycles. The van der Waals surface area contributed by atoms with Crippen LogP contribution in [0.2, 0.25) is 0 Å². The van der Waals surface area contributed by atoms with Crippen molar-refractivity contribution in [3.8, 4) is 0 Å². The van der Waals surface area contributed by atoms with E-state index in [1.165, 1.54) is 11.8 Å². The van der Waals surface area contributed by atoms with E-state index in [0.29, 0.717) is 5.75 Å². The van der Waals surface area contributed by atoms with E-state index in [2.05, 4.69) is 10.3 Å². The number of rotatable bonds is 4. The first kappa shape index (κ1) is 13.7. The number of imidazole rings is 1. The van der Waals surface area contributed by atoms with Crippen LogP contribution in [0, 0.1) is 6.92 Å². The Hall–Kier alpha value is -2.27. The third-order valence-corrected chi connectivity index (χ3v) is 4.01. The molecule has 0 aliphatic rings. The Morgan fingerprint density at radius 3 is 3.05 bits per heavy atom. The van der Waals surface area contributed by atoms with Gasteiger partial charge in [-0.3, -0.25) is 9.20 Å². The summed E-state index contributed by atoms with van der Waals surface area (Å²) in [4.78, 5) is 16.3. The molecule has 3 aromatic rings. The number of nitrogens with zero attached hydrogens (tertiary/aromatic N) is 2. The zero-order valence-corrected chi connectivity index (χ0v) is 12.4. The number of fused-ring (bicyclic) bond motifs is 1. The maximum Gasteiger partial charge on any atom is 0.234 e. The van der Waals surface area contributed by atoms with E-state index in [1.807, 2.05) is 60.0 Å². The number of benzene rings is 1. The Bertz CT molecular complexity index is 782. The van der Waals surface area contributed by atoms with Crippen molar-refractivity contribution in [2.75, 3.05) is 11.1 Å². The van der Waals surface area contributed by atoms with Gasteiger partial charge < -0.3 is 5.32 Å². The first-order chi connectivity index (χ1) is 10.2. The summed E-state index contributed by atoms with van der Waals surface area (Å²) in [7, 11) is 0. The smallest absolute Gasteiger partial charge is 0.234 e. The molecule has 0 unspecified atom stereocenters. The van der Waals surface area contributed by atoms with Crippen molar-refractivity contribution < 1.29 is 4.79 Å². The number of carbonyl (C=O) groups is 1. The van der Waals surface area contributed by atoms with Crippen LogP contribution in [0.1, 0.15) is 5.56 Å². The Morgan fingerprint density at radius 2 is 2.19 bits per heavy atom. The lowest BCUT2D eigenvalue weighted by Crippen LogP contribution is -2.14. The molecule has 0 aliphatic heterocycles. The average molecular weight is 297 g/mol. The van der Waals surface area contributed by atoms with Crippen LogP contribution in [0.5, 0.6) is 0 Å². The fourth-order valence-electron chi connectivity index (χ4n) is 2.08. The van der Waals surface area contributed by atoms with Crippen LogP contribution in [0.25, 0.3) is 5.52 Å². The third kappa shape index (κ3) is 3.25.